The van der Waals surface area contributed by atoms with Gasteiger partial charge < -0.3 is 5.32 Å². The quantitative estimate of drug-likeness (QED) is 0.609. The summed E-state index contributed by atoms with van der Waals surface area (Å²) >= 11 is 5.84. The summed E-state index contributed by atoms with van der Waals surface area (Å²) in [5, 5.41) is 14.0. The molecule has 1 aliphatic heterocycles. The molecule has 0 radical (unpaired) electrons. The van der Waals surface area contributed by atoms with E-state index in [9.17, 15) is 18.5 Å². The van der Waals surface area contributed by atoms with Gasteiger partial charge in [-0.15, -0.1) is 0 Å². The van der Waals surface area contributed by atoms with Gasteiger partial charge in [-0.25, -0.2) is 13.1 Å². The van der Waals surface area contributed by atoms with Crippen molar-refractivity contribution in [1.29, 1.82) is 0 Å². The van der Waals surface area contributed by atoms with Crippen molar-refractivity contribution < 1.29 is 13.3 Å². The van der Waals surface area contributed by atoms with E-state index in [1.54, 1.807) is 0 Å². The number of benzene rings is 1. The molecule has 21 heavy (non-hydrogen) atoms. The zero-order valence-electron chi connectivity index (χ0n) is 11.2. The van der Waals surface area contributed by atoms with Crippen LogP contribution in [-0.2, 0) is 10.0 Å². The van der Waals surface area contributed by atoms with Gasteiger partial charge in [-0.1, -0.05) is 11.6 Å². The maximum absolute atomic E-state index is 12.2. The summed E-state index contributed by atoms with van der Waals surface area (Å²) < 4.78 is 26.8. The Morgan fingerprint density at radius 1 is 1.48 bits per heavy atom. The molecular formula is C12H16ClN3O4S. The van der Waals surface area contributed by atoms with E-state index in [-0.39, 0.29) is 22.2 Å². The number of nitrogens with zero attached hydrogens (tertiary/aromatic N) is 1. The fourth-order valence-corrected chi connectivity index (χ4v) is 3.82. The minimum atomic E-state index is -3.85. The number of non-ortho nitro benzene ring substituents is 1. The van der Waals surface area contributed by atoms with Crippen molar-refractivity contribution in [1.82, 2.24) is 10.0 Å². The van der Waals surface area contributed by atoms with Crippen LogP contribution in [0.15, 0.2) is 23.1 Å². The fourth-order valence-electron chi connectivity index (χ4n) is 2.26. The van der Waals surface area contributed by atoms with Crippen LogP contribution in [0.1, 0.15) is 19.3 Å². The minimum absolute atomic E-state index is 0.0351. The molecule has 116 valence electrons. The lowest BCUT2D eigenvalue weighted by molar-refractivity contribution is -0.385. The number of nitro groups is 1. The summed E-state index contributed by atoms with van der Waals surface area (Å²) in [5.74, 6) is 0. The Hall–Kier alpha value is -1.22. The zero-order valence-corrected chi connectivity index (χ0v) is 12.8. The first-order chi connectivity index (χ1) is 9.90. The van der Waals surface area contributed by atoms with Gasteiger partial charge in [-0.3, -0.25) is 10.1 Å². The number of sulfonamides is 1. The molecular weight excluding hydrogens is 318 g/mol. The third-order valence-electron chi connectivity index (χ3n) is 3.36. The van der Waals surface area contributed by atoms with Gasteiger partial charge in [-0.2, -0.15) is 0 Å². The third kappa shape index (κ3) is 4.13. The maximum atomic E-state index is 12.2. The van der Waals surface area contributed by atoms with Gasteiger partial charge in [0.05, 0.1) is 9.95 Å². The van der Waals surface area contributed by atoms with Gasteiger partial charge >= 0.3 is 0 Å². The molecule has 0 aromatic heterocycles. The highest BCUT2D eigenvalue weighted by Crippen LogP contribution is 2.26. The van der Waals surface area contributed by atoms with Crippen LogP contribution in [0.5, 0.6) is 0 Å². The number of nitrogens with one attached hydrogen (secondary N) is 2. The zero-order chi connectivity index (χ0) is 15.5. The Balaban J connectivity index is 2.07. The predicted octanol–water partition coefficient (Wildman–Crippen LogP) is 1.67. The van der Waals surface area contributed by atoms with Crippen LogP contribution >= 0.6 is 11.6 Å². The van der Waals surface area contributed by atoms with Crippen molar-refractivity contribution in [2.45, 2.75) is 30.2 Å². The van der Waals surface area contributed by atoms with Crippen molar-refractivity contribution in [2.75, 3.05) is 13.1 Å². The van der Waals surface area contributed by atoms with Crippen molar-refractivity contribution in [2.24, 2.45) is 0 Å². The molecule has 1 unspecified atom stereocenters. The SMILES string of the molecule is O=[N+]([O-])c1ccc(Cl)c(S(=O)(=O)NCCC2CCCN2)c1. The highest BCUT2D eigenvalue weighted by atomic mass is 35.5. The Labute approximate surface area is 127 Å². The van der Waals surface area contributed by atoms with Crippen molar-refractivity contribution in [3.8, 4) is 0 Å². The monoisotopic (exact) mass is 333 g/mol. The van der Waals surface area contributed by atoms with Gasteiger partial charge in [-0.05, 0) is 31.9 Å². The molecule has 0 amide bonds. The van der Waals surface area contributed by atoms with Crippen LogP contribution < -0.4 is 10.0 Å². The minimum Gasteiger partial charge on any atom is -0.314 e. The van der Waals surface area contributed by atoms with Crippen LogP contribution in [0.2, 0.25) is 5.02 Å². The summed E-state index contributed by atoms with van der Waals surface area (Å²) in [6.07, 6.45) is 2.79. The van der Waals surface area contributed by atoms with Crippen LogP contribution in [0.3, 0.4) is 0 Å². The van der Waals surface area contributed by atoms with E-state index in [1.165, 1.54) is 12.1 Å². The van der Waals surface area contributed by atoms with E-state index in [0.717, 1.165) is 25.5 Å². The van der Waals surface area contributed by atoms with E-state index in [2.05, 4.69) is 10.0 Å². The van der Waals surface area contributed by atoms with Crippen molar-refractivity contribution >= 4 is 27.3 Å². The van der Waals surface area contributed by atoms with E-state index in [4.69, 9.17) is 11.6 Å². The lowest BCUT2D eigenvalue weighted by atomic mass is 10.2. The Morgan fingerprint density at radius 3 is 2.86 bits per heavy atom. The summed E-state index contributed by atoms with van der Waals surface area (Å²) in [5.41, 5.74) is -0.308. The molecule has 1 aromatic carbocycles. The van der Waals surface area contributed by atoms with E-state index < -0.39 is 14.9 Å². The second kappa shape index (κ2) is 6.69. The molecule has 7 nitrogen and oxygen atoms in total. The molecule has 1 heterocycles. The first-order valence-electron chi connectivity index (χ1n) is 6.57. The lowest BCUT2D eigenvalue weighted by Crippen LogP contribution is -2.30. The molecule has 2 N–H and O–H groups in total. The molecule has 1 aromatic rings. The normalized spacial score (nSPS) is 18.8. The molecule has 0 spiro atoms. The molecule has 1 saturated heterocycles. The number of hydrogen-bond donors (Lipinski definition) is 2. The van der Waals surface area contributed by atoms with Crippen LogP contribution in [-0.4, -0.2) is 32.5 Å². The van der Waals surface area contributed by atoms with Gasteiger partial charge in [0.2, 0.25) is 10.0 Å². The van der Waals surface area contributed by atoms with E-state index >= 15 is 0 Å². The topological polar surface area (TPSA) is 101 Å². The average Bonchev–Trinajstić information content (AvgIpc) is 2.91. The van der Waals surface area contributed by atoms with Crippen molar-refractivity contribution in [3.05, 3.63) is 33.3 Å². The molecule has 1 aliphatic rings. The van der Waals surface area contributed by atoms with Crippen LogP contribution in [0, 0.1) is 10.1 Å². The first-order valence-corrected chi connectivity index (χ1v) is 8.43. The second-order valence-corrected chi connectivity index (χ2v) is 6.99. The summed E-state index contributed by atoms with van der Waals surface area (Å²) in [4.78, 5) is 9.80. The highest BCUT2D eigenvalue weighted by molar-refractivity contribution is 7.89. The summed E-state index contributed by atoms with van der Waals surface area (Å²) in [6, 6.07) is 3.67. The summed E-state index contributed by atoms with van der Waals surface area (Å²) in [7, 11) is -3.85. The Bertz CT molecular complexity index is 629. The molecule has 0 saturated carbocycles. The smallest absolute Gasteiger partial charge is 0.270 e. The van der Waals surface area contributed by atoms with Crippen LogP contribution in [0.4, 0.5) is 5.69 Å². The number of nitro benzene ring substituents is 1. The standard InChI is InChI=1S/C12H16ClN3O4S/c13-11-4-3-10(16(17)18)8-12(11)21(19,20)15-7-5-9-2-1-6-14-9/h3-4,8-9,14-15H,1-2,5-7H2. The summed E-state index contributed by atoms with van der Waals surface area (Å²) in [6.45, 7) is 1.22. The maximum Gasteiger partial charge on any atom is 0.270 e. The number of halogens is 1. The lowest BCUT2D eigenvalue weighted by Gasteiger charge is -2.11. The van der Waals surface area contributed by atoms with Gasteiger partial charge in [0.1, 0.15) is 4.90 Å². The van der Waals surface area contributed by atoms with Gasteiger partial charge in [0.25, 0.3) is 5.69 Å². The highest BCUT2D eigenvalue weighted by Gasteiger charge is 2.22. The second-order valence-electron chi connectivity index (χ2n) is 4.85. The number of rotatable bonds is 6. The fraction of sp³-hybridized carbons (Fsp3) is 0.500. The van der Waals surface area contributed by atoms with E-state index in [0.29, 0.717) is 12.5 Å². The van der Waals surface area contributed by atoms with Crippen molar-refractivity contribution in [3.63, 3.8) is 0 Å². The largest absolute Gasteiger partial charge is 0.314 e. The molecule has 0 aliphatic carbocycles. The Morgan fingerprint density at radius 2 is 2.24 bits per heavy atom. The molecule has 0 bridgehead atoms. The molecule has 1 fully saturated rings. The average molecular weight is 334 g/mol. The van der Waals surface area contributed by atoms with E-state index in [1.807, 2.05) is 0 Å². The first kappa shape index (κ1) is 16.2. The molecule has 1 atom stereocenters. The molecule has 2 rings (SSSR count). The van der Waals surface area contributed by atoms with Gasteiger partial charge in [0.15, 0.2) is 0 Å². The Kier molecular flexibility index (Phi) is 5.15. The third-order valence-corrected chi connectivity index (χ3v) is 5.30. The van der Waals surface area contributed by atoms with Gasteiger partial charge in [0, 0.05) is 24.7 Å². The molecule has 9 heteroatoms. The number of hydrogen-bond acceptors (Lipinski definition) is 5. The van der Waals surface area contributed by atoms with Crippen LogP contribution in [0.25, 0.3) is 0 Å². The predicted molar refractivity (Wildman–Crippen MR) is 78.9 cm³/mol.